The van der Waals surface area contributed by atoms with Crippen LogP contribution >= 0.6 is 0 Å². The Balaban J connectivity index is 2.42. The predicted molar refractivity (Wildman–Crippen MR) is 66.9 cm³/mol. The van der Waals surface area contributed by atoms with Crippen molar-refractivity contribution in [2.75, 3.05) is 0 Å². The minimum atomic E-state index is -0.295. The topological polar surface area (TPSA) is 41.1 Å². The highest BCUT2D eigenvalue weighted by Gasteiger charge is 2.01. The van der Waals surface area contributed by atoms with Crippen LogP contribution in [0.4, 0.5) is 9.18 Å². The molecule has 0 fully saturated rings. The van der Waals surface area contributed by atoms with Crippen LogP contribution in [-0.4, -0.2) is 12.1 Å². The summed E-state index contributed by atoms with van der Waals surface area (Å²) in [6.45, 7) is 3.92. The van der Waals surface area contributed by atoms with Crippen LogP contribution in [0.2, 0.25) is 0 Å². The van der Waals surface area contributed by atoms with Crippen molar-refractivity contribution in [3.8, 4) is 0 Å². The predicted octanol–water partition coefficient (Wildman–Crippen LogP) is 2.89. The third-order valence-electron chi connectivity index (χ3n) is 2.33. The van der Waals surface area contributed by atoms with E-state index in [1.165, 1.54) is 18.3 Å². The van der Waals surface area contributed by atoms with Gasteiger partial charge in [0.25, 0.3) is 0 Å². The van der Waals surface area contributed by atoms with Gasteiger partial charge in [-0.15, -0.1) is 0 Å². The number of rotatable bonds is 4. The van der Waals surface area contributed by atoms with Gasteiger partial charge >= 0.3 is 6.03 Å². The number of carbonyl (C=O) groups excluding carboxylic acids is 1. The highest BCUT2D eigenvalue weighted by molar-refractivity contribution is 5.76. The molecule has 0 saturated carbocycles. The third-order valence-corrected chi connectivity index (χ3v) is 2.33. The lowest BCUT2D eigenvalue weighted by atomic mass is 10.2. The summed E-state index contributed by atoms with van der Waals surface area (Å²) in [5, 5.41) is 5.31. The van der Waals surface area contributed by atoms with E-state index in [1.54, 1.807) is 18.2 Å². The summed E-state index contributed by atoms with van der Waals surface area (Å²) in [7, 11) is 0. The first kappa shape index (κ1) is 13.2. The Kier molecular flexibility index (Phi) is 5.20. The van der Waals surface area contributed by atoms with E-state index < -0.39 is 0 Å². The molecular formula is C13H17FN2O. The Morgan fingerprint density at radius 2 is 2.29 bits per heavy atom. The Hall–Kier alpha value is -1.84. The lowest BCUT2D eigenvalue weighted by Crippen LogP contribution is -2.38. The first-order valence-corrected chi connectivity index (χ1v) is 5.61. The van der Waals surface area contributed by atoms with Crippen molar-refractivity contribution in [1.82, 2.24) is 10.6 Å². The van der Waals surface area contributed by atoms with Crippen LogP contribution in [0.5, 0.6) is 0 Å². The summed E-state index contributed by atoms with van der Waals surface area (Å²) < 4.78 is 12.8. The SMILES string of the molecule is CCC(C)NC(=O)N/C=C/c1cccc(F)c1. The van der Waals surface area contributed by atoms with E-state index >= 15 is 0 Å². The first-order chi connectivity index (χ1) is 8.11. The van der Waals surface area contributed by atoms with E-state index in [0.29, 0.717) is 5.56 Å². The van der Waals surface area contributed by atoms with Crippen molar-refractivity contribution in [1.29, 1.82) is 0 Å². The molecule has 1 aromatic carbocycles. The third kappa shape index (κ3) is 5.15. The number of nitrogens with one attached hydrogen (secondary N) is 2. The van der Waals surface area contributed by atoms with Gasteiger partial charge in [-0.3, -0.25) is 0 Å². The minimum Gasteiger partial charge on any atom is -0.335 e. The van der Waals surface area contributed by atoms with Crippen molar-refractivity contribution < 1.29 is 9.18 Å². The van der Waals surface area contributed by atoms with Crippen molar-refractivity contribution in [2.24, 2.45) is 0 Å². The number of benzene rings is 1. The van der Waals surface area contributed by atoms with Crippen LogP contribution in [0, 0.1) is 5.82 Å². The van der Waals surface area contributed by atoms with Gasteiger partial charge in [0.1, 0.15) is 5.82 Å². The Morgan fingerprint density at radius 3 is 2.94 bits per heavy atom. The molecule has 0 heterocycles. The maximum atomic E-state index is 12.8. The van der Waals surface area contributed by atoms with Gasteiger partial charge in [0.15, 0.2) is 0 Å². The summed E-state index contributed by atoms with van der Waals surface area (Å²) in [6.07, 6.45) is 4.01. The first-order valence-electron chi connectivity index (χ1n) is 5.61. The average Bonchev–Trinajstić information content (AvgIpc) is 2.29. The van der Waals surface area contributed by atoms with E-state index in [-0.39, 0.29) is 17.9 Å². The molecule has 0 spiro atoms. The summed E-state index contributed by atoms with van der Waals surface area (Å²) in [4.78, 5) is 11.3. The zero-order chi connectivity index (χ0) is 12.7. The molecule has 92 valence electrons. The summed E-state index contributed by atoms with van der Waals surface area (Å²) in [5.41, 5.74) is 0.703. The van der Waals surface area contributed by atoms with Crippen LogP contribution in [0.3, 0.4) is 0 Å². The standard InChI is InChI=1S/C13H17FN2O/c1-3-10(2)16-13(17)15-8-7-11-5-4-6-12(14)9-11/h4-10H,3H2,1-2H3,(H2,15,16,17)/b8-7+. The van der Waals surface area contributed by atoms with Crippen LogP contribution in [0.15, 0.2) is 30.5 Å². The van der Waals surface area contributed by atoms with Crippen LogP contribution in [-0.2, 0) is 0 Å². The molecule has 0 aliphatic carbocycles. The van der Waals surface area contributed by atoms with Gasteiger partial charge in [-0.1, -0.05) is 19.1 Å². The summed E-state index contributed by atoms with van der Waals surface area (Å²) >= 11 is 0. The molecule has 2 amide bonds. The molecule has 0 bridgehead atoms. The quantitative estimate of drug-likeness (QED) is 0.829. The molecule has 2 N–H and O–H groups in total. The zero-order valence-corrected chi connectivity index (χ0v) is 10.0. The number of hydrogen-bond donors (Lipinski definition) is 2. The van der Waals surface area contributed by atoms with E-state index in [0.717, 1.165) is 6.42 Å². The van der Waals surface area contributed by atoms with Crippen LogP contribution in [0.1, 0.15) is 25.8 Å². The highest BCUT2D eigenvalue weighted by Crippen LogP contribution is 2.04. The van der Waals surface area contributed by atoms with Crippen molar-refractivity contribution >= 4 is 12.1 Å². The highest BCUT2D eigenvalue weighted by atomic mass is 19.1. The number of halogens is 1. The molecule has 1 atom stereocenters. The molecular weight excluding hydrogens is 219 g/mol. The Morgan fingerprint density at radius 1 is 1.53 bits per heavy atom. The number of urea groups is 1. The van der Waals surface area contributed by atoms with Crippen molar-refractivity contribution in [3.05, 3.63) is 41.8 Å². The molecule has 1 unspecified atom stereocenters. The van der Waals surface area contributed by atoms with Crippen molar-refractivity contribution in [3.63, 3.8) is 0 Å². The van der Waals surface area contributed by atoms with Gasteiger partial charge in [0.2, 0.25) is 0 Å². The summed E-state index contributed by atoms with van der Waals surface area (Å²) in [5.74, 6) is -0.295. The Bertz CT molecular complexity index is 404. The molecule has 17 heavy (non-hydrogen) atoms. The largest absolute Gasteiger partial charge is 0.335 e. The maximum Gasteiger partial charge on any atom is 0.318 e. The molecule has 4 heteroatoms. The van der Waals surface area contributed by atoms with Gasteiger partial charge < -0.3 is 10.6 Å². The molecule has 0 aliphatic heterocycles. The molecule has 3 nitrogen and oxygen atoms in total. The van der Waals surface area contributed by atoms with E-state index in [4.69, 9.17) is 0 Å². The second-order valence-corrected chi connectivity index (χ2v) is 3.82. The van der Waals surface area contributed by atoms with Gasteiger partial charge in [-0.25, -0.2) is 9.18 Å². The summed E-state index contributed by atoms with van der Waals surface area (Å²) in [6, 6.07) is 6.03. The molecule has 0 saturated heterocycles. The van der Waals surface area contributed by atoms with Gasteiger partial charge in [0.05, 0.1) is 0 Å². The number of amides is 2. The van der Waals surface area contributed by atoms with Crippen LogP contribution < -0.4 is 10.6 Å². The normalized spacial score (nSPS) is 12.4. The number of hydrogen-bond acceptors (Lipinski definition) is 1. The van der Waals surface area contributed by atoms with Crippen molar-refractivity contribution in [2.45, 2.75) is 26.3 Å². The smallest absolute Gasteiger partial charge is 0.318 e. The maximum absolute atomic E-state index is 12.8. The zero-order valence-electron chi connectivity index (χ0n) is 10.0. The fourth-order valence-corrected chi connectivity index (χ4v) is 1.19. The lowest BCUT2D eigenvalue weighted by molar-refractivity contribution is 0.241. The second-order valence-electron chi connectivity index (χ2n) is 3.82. The van der Waals surface area contributed by atoms with Crippen LogP contribution in [0.25, 0.3) is 6.08 Å². The monoisotopic (exact) mass is 236 g/mol. The second kappa shape index (κ2) is 6.68. The Labute approximate surface area is 101 Å². The van der Waals surface area contributed by atoms with Gasteiger partial charge in [0, 0.05) is 12.2 Å². The van der Waals surface area contributed by atoms with E-state index in [2.05, 4.69) is 10.6 Å². The fourth-order valence-electron chi connectivity index (χ4n) is 1.19. The fraction of sp³-hybridized carbons (Fsp3) is 0.308. The average molecular weight is 236 g/mol. The van der Waals surface area contributed by atoms with E-state index in [9.17, 15) is 9.18 Å². The van der Waals surface area contributed by atoms with Gasteiger partial charge in [-0.05, 0) is 37.1 Å². The minimum absolute atomic E-state index is 0.137. The van der Waals surface area contributed by atoms with E-state index in [1.807, 2.05) is 13.8 Å². The molecule has 0 aliphatic rings. The number of carbonyl (C=O) groups is 1. The molecule has 0 radical (unpaired) electrons. The molecule has 0 aromatic heterocycles. The lowest BCUT2D eigenvalue weighted by Gasteiger charge is -2.10. The molecule has 1 aromatic rings. The molecule has 1 rings (SSSR count). The van der Waals surface area contributed by atoms with Gasteiger partial charge in [-0.2, -0.15) is 0 Å².